The Morgan fingerprint density at radius 2 is 2.27 bits per heavy atom. The second kappa shape index (κ2) is 3.74. The molecule has 3 heteroatoms. The number of hydrogen-bond donors (Lipinski definition) is 2. The molecule has 0 spiro atoms. The molecule has 0 radical (unpaired) electrons. The fraction of sp³-hybridized carbons (Fsp3) is 0.250. The highest BCUT2D eigenvalue weighted by molar-refractivity contribution is 9.08. The summed E-state index contributed by atoms with van der Waals surface area (Å²) in [4.78, 5) is 0. The van der Waals surface area contributed by atoms with Crippen LogP contribution in [0.15, 0.2) is 18.2 Å². The highest BCUT2D eigenvalue weighted by Gasteiger charge is 2.00. The number of anilines is 1. The molecule has 60 valence electrons. The van der Waals surface area contributed by atoms with Gasteiger partial charge in [0.1, 0.15) is 0 Å². The first-order valence-corrected chi connectivity index (χ1v) is 4.52. The molecule has 0 saturated heterocycles. The van der Waals surface area contributed by atoms with E-state index in [1.807, 2.05) is 12.1 Å². The van der Waals surface area contributed by atoms with Gasteiger partial charge in [-0.25, -0.2) is 0 Å². The first-order chi connectivity index (χ1) is 5.29. The number of nitrogens with one attached hydrogen (secondary N) is 1. The van der Waals surface area contributed by atoms with Crippen LogP contribution in [0.4, 0.5) is 5.69 Å². The third kappa shape index (κ3) is 1.73. The standard InChI is InChI=1S/C8H11BrN2/c1-6-3-2-4-8(11-10)7(6)5-9/h2-4,11H,5,10H2,1H3. The van der Waals surface area contributed by atoms with Crippen molar-refractivity contribution in [3.8, 4) is 0 Å². The van der Waals surface area contributed by atoms with Crippen molar-refractivity contribution >= 4 is 21.6 Å². The van der Waals surface area contributed by atoms with Crippen molar-refractivity contribution in [2.45, 2.75) is 12.3 Å². The van der Waals surface area contributed by atoms with Crippen LogP contribution in [0, 0.1) is 6.92 Å². The molecule has 0 aliphatic rings. The van der Waals surface area contributed by atoms with Gasteiger partial charge in [0.05, 0.1) is 5.69 Å². The third-order valence-electron chi connectivity index (χ3n) is 1.70. The molecule has 1 rings (SSSR count). The first-order valence-electron chi connectivity index (χ1n) is 3.40. The van der Waals surface area contributed by atoms with E-state index in [0.717, 1.165) is 11.0 Å². The largest absolute Gasteiger partial charge is 0.324 e. The molecule has 0 unspecified atom stereocenters. The van der Waals surface area contributed by atoms with Crippen molar-refractivity contribution in [2.75, 3.05) is 5.43 Å². The molecule has 0 aliphatic carbocycles. The van der Waals surface area contributed by atoms with E-state index in [1.54, 1.807) is 0 Å². The molecule has 2 nitrogen and oxygen atoms in total. The van der Waals surface area contributed by atoms with E-state index in [2.05, 4.69) is 34.3 Å². The summed E-state index contributed by atoms with van der Waals surface area (Å²) in [7, 11) is 0. The van der Waals surface area contributed by atoms with E-state index < -0.39 is 0 Å². The molecular weight excluding hydrogens is 204 g/mol. The van der Waals surface area contributed by atoms with E-state index in [1.165, 1.54) is 11.1 Å². The number of rotatable bonds is 2. The minimum Gasteiger partial charge on any atom is -0.324 e. The fourth-order valence-electron chi connectivity index (χ4n) is 1.01. The van der Waals surface area contributed by atoms with Gasteiger partial charge in [0.2, 0.25) is 0 Å². The Morgan fingerprint density at radius 3 is 2.73 bits per heavy atom. The van der Waals surface area contributed by atoms with Gasteiger partial charge in [0.15, 0.2) is 0 Å². The number of aryl methyl sites for hydroxylation is 1. The molecule has 0 bridgehead atoms. The van der Waals surface area contributed by atoms with Gasteiger partial charge < -0.3 is 5.43 Å². The molecule has 0 amide bonds. The van der Waals surface area contributed by atoms with E-state index in [0.29, 0.717) is 0 Å². The minimum atomic E-state index is 0.833. The Kier molecular flexibility index (Phi) is 2.91. The third-order valence-corrected chi connectivity index (χ3v) is 2.26. The van der Waals surface area contributed by atoms with E-state index in [-0.39, 0.29) is 0 Å². The Morgan fingerprint density at radius 1 is 1.55 bits per heavy atom. The van der Waals surface area contributed by atoms with Crippen LogP contribution >= 0.6 is 15.9 Å². The zero-order valence-electron chi connectivity index (χ0n) is 6.39. The summed E-state index contributed by atoms with van der Waals surface area (Å²) < 4.78 is 0. The van der Waals surface area contributed by atoms with Crippen molar-refractivity contribution in [3.05, 3.63) is 29.3 Å². The summed E-state index contributed by atoms with van der Waals surface area (Å²) in [6.07, 6.45) is 0. The fourth-order valence-corrected chi connectivity index (χ4v) is 1.76. The lowest BCUT2D eigenvalue weighted by atomic mass is 10.1. The number of hydrazine groups is 1. The predicted molar refractivity (Wildman–Crippen MR) is 51.6 cm³/mol. The van der Waals surface area contributed by atoms with Gasteiger partial charge in [-0.2, -0.15) is 0 Å². The first kappa shape index (κ1) is 8.56. The number of hydrogen-bond acceptors (Lipinski definition) is 2. The van der Waals surface area contributed by atoms with Crippen LogP contribution in [0.2, 0.25) is 0 Å². The second-order valence-electron chi connectivity index (χ2n) is 2.38. The lowest BCUT2D eigenvalue weighted by molar-refractivity contribution is 1.26. The second-order valence-corrected chi connectivity index (χ2v) is 2.94. The Balaban J connectivity index is 3.13. The summed E-state index contributed by atoms with van der Waals surface area (Å²) in [5, 5.41) is 0.833. The molecule has 0 aliphatic heterocycles. The average molecular weight is 215 g/mol. The molecule has 1 aromatic rings. The molecule has 1 aromatic carbocycles. The van der Waals surface area contributed by atoms with Crippen molar-refractivity contribution < 1.29 is 0 Å². The van der Waals surface area contributed by atoms with Crippen LogP contribution in [0.25, 0.3) is 0 Å². The number of nitrogens with two attached hydrogens (primary N) is 1. The van der Waals surface area contributed by atoms with Crippen LogP contribution in [0.1, 0.15) is 11.1 Å². The maximum atomic E-state index is 5.32. The summed E-state index contributed by atoms with van der Waals surface area (Å²) in [6.45, 7) is 2.07. The molecule has 11 heavy (non-hydrogen) atoms. The number of alkyl halides is 1. The summed E-state index contributed by atoms with van der Waals surface area (Å²) >= 11 is 3.40. The van der Waals surface area contributed by atoms with Crippen LogP contribution in [0.3, 0.4) is 0 Å². The lowest BCUT2D eigenvalue weighted by Crippen LogP contribution is -2.09. The van der Waals surface area contributed by atoms with Crippen LogP contribution in [0.5, 0.6) is 0 Å². The maximum absolute atomic E-state index is 5.32. The monoisotopic (exact) mass is 214 g/mol. The molecule has 0 atom stereocenters. The Bertz CT molecular complexity index is 248. The molecule has 3 N–H and O–H groups in total. The SMILES string of the molecule is Cc1cccc(NN)c1CBr. The van der Waals surface area contributed by atoms with E-state index >= 15 is 0 Å². The van der Waals surface area contributed by atoms with E-state index in [9.17, 15) is 0 Å². The van der Waals surface area contributed by atoms with Crippen molar-refractivity contribution in [2.24, 2.45) is 5.84 Å². The predicted octanol–water partition coefficient (Wildman–Crippen LogP) is 2.18. The Hall–Kier alpha value is -0.540. The smallest absolute Gasteiger partial charge is 0.0528 e. The lowest BCUT2D eigenvalue weighted by Gasteiger charge is -2.08. The Labute approximate surface area is 74.9 Å². The van der Waals surface area contributed by atoms with Crippen LogP contribution in [-0.4, -0.2) is 0 Å². The number of nitrogen functional groups attached to an aromatic ring is 1. The van der Waals surface area contributed by atoms with Crippen molar-refractivity contribution in [1.82, 2.24) is 0 Å². The van der Waals surface area contributed by atoms with Gasteiger partial charge >= 0.3 is 0 Å². The summed E-state index contributed by atoms with van der Waals surface area (Å²) in [5.41, 5.74) is 6.11. The zero-order valence-corrected chi connectivity index (χ0v) is 7.98. The topological polar surface area (TPSA) is 38.0 Å². The number of benzene rings is 1. The normalized spacial score (nSPS) is 9.73. The summed E-state index contributed by atoms with van der Waals surface area (Å²) in [5.74, 6) is 5.32. The van der Waals surface area contributed by atoms with Gasteiger partial charge in [-0.1, -0.05) is 28.1 Å². The van der Waals surface area contributed by atoms with Crippen molar-refractivity contribution in [1.29, 1.82) is 0 Å². The van der Waals surface area contributed by atoms with Gasteiger partial charge in [-0.3, -0.25) is 5.84 Å². The number of halogens is 1. The van der Waals surface area contributed by atoms with Crippen LogP contribution in [-0.2, 0) is 5.33 Å². The highest BCUT2D eigenvalue weighted by Crippen LogP contribution is 2.20. The van der Waals surface area contributed by atoms with Gasteiger partial charge in [0.25, 0.3) is 0 Å². The van der Waals surface area contributed by atoms with Gasteiger partial charge in [-0.15, -0.1) is 0 Å². The van der Waals surface area contributed by atoms with E-state index in [4.69, 9.17) is 5.84 Å². The average Bonchev–Trinajstić information content (AvgIpc) is 2.04. The maximum Gasteiger partial charge on any atom is 0.0528 e. The minimum absolute atomic E-state index is 0.833. The quantitative estimate of drug-likeness (QED) is 0.450. The highest BCUT2D eigenvalue weighted by atomic mass is 79.9. The molecule has 0 aromatic heterocycles. The van der Waals surface area contributed by atoms with Crippen LogP contribution < -0.4 is 11.3 Å². The van der Waals surface area contributed by atoms with Gasteiger partial charge in [-0.05, 0) is 24.1 Å². The zero-order chi connectivity index (χ0) is 8.27. The van der Waals surface area contributed by atoms with Gasteiger partial charge in [0, 0.05) is 5.33 Å². The van der Waals surface area contributed by atoms with Crippen molar-refractivity contribution in [3.63, 3.8) is 0 Å². The molecule has 0 heterocycles. The molecular formula is C8H11BrN2. The molecule has 0 fully saturated rings. The molecule has 0 saturated carbocycles. The summed E-state index contributed by atoms with van der Waals surface area (Å²) in [6, 6.07) is 6.01.